The number of allylic oxidation sites excluding steroid dienone is 4. The van der Waals surface area contributed by atoms with Crippen LogP contribution in [-0.2, 0) is 19.2 Å². The number of rotatable bonds is 6. The van der Waals surface area contributed by atoms with Crippen LogP contribution < -0.4 is 0 Å². The summed E-state index contributed by atoms with van der Waals surface area (Å²) >= 11 is 12.3. The van der Waals surface area contributed by atoms with Gasteiger partial charge in [0.1, 0.15) is 0 Å². The predicted molar refractivity (Wildman–Crippen MR) is 203 cm³/mol. The van der Waals surface area contributed by atoms with Crippen molar-refractivity contribution in [3.05, 3.63) is 94.0 Å². The van der Waals surface area contributed by atoms with Crippen molar-refractivity contribution in [2.75, 3.05) is 0 Å². The van der Waals surface area contributed by atoms with Gasteiger partial charge < -0.3 is 0 Å². The second kappa shape index (κ2) is 12.9. The van der Waals surface area contributed by atoms with Gasteiger partial charge in [0.15, 0.2) is 0 Å². The van der Waals surface area contributed by atoms with E-state index in [0.717, 1.165) is 35.7 Å². The minimum atomic E-state index is -0.320. The number of nitrogens with zero attached hydrogens (tertiary/aromatic N) is 4. The molecule has 2 heterocycles. The molecule has 4 amide bonds. The van der Waals surface area contributed by atoms with Crippen LogP contribution >= 0.6 is 23.2 Å². The number of hydrazone groups is 2. The summed E-state index contributed by atoms with van der Waals surface area (Å²) in [5.74, 6) is -1.40. The van der Waals surface area contributed by atoms with E-state index in [4.69, 9.17) is 23.2 Å². The van der Waals surface area contributed by atoms with Gasteiger partial charge >= 0.3 is 0 Å². The molecule has 2 aromatic rings. The van der Waals surface area contributed by atoms with Gasteiger partial charge in [-0.2, -0.15) is 20.2 Å². The fourth-order valence-corrected chi connectivity index (χ4v) is 10.4. The van der Waals surface area contributed by atoms with Crippen molar-refractivity contribution in [3.8, 4) is 0 Å². The lowest BCUT2D eigenvalue weighted by Crippen LogP contribution is -2.53. The highest BCUT2D eigenvalue weighted by atomic mass is 35.5. The molecule has 2 aromatic carbocycles. The van der Waals surface area contributed by atoms with Gasteiger partial charge in [-0.25, -0.2) is 0 Å². The maximum atomic E-state index is 13.2. The van der Waals surface area contributed by atoms with Crippen LogP contribution in [-0.4, -0.2) is 46.1 Å². The number of benzene rings is 2. The van der Waals surface area contributed by atoms with E-state index in [0.29, 0.717) is 33.0 Å². The highest BCUT2D eigenvalue weighted by molar-refractivity contribution is 6.33. The number of hydrogen-bond acceptors (Lipinski definition) is 6. The van der Waals surface area contributed by atoms with Gasteiger partial charge in [0, 0.05) is 32.0 Å². The molecule has 4 bridgehead atoms. The molecule has 0 radical (unpaired) electrons. The van der Waals surface area contributed by atoms with Gasteiger partial charge in [-0.3, -0.25) is 19.2 Å². The standard InChI is InChI=1S/2C21H23ClN2O2/c2*1-13(2)21-10-8-20(3,9-11-21)16-17(21)19(26)24(18(16)25)23-12-14-6-4-5-7-15(14)22/h2*4-8,10,12-13,16-17H,9,11H2,1-3H3/b2*23-12+/t2*16-,17+,20-,21+/m11/s1. The Morgan fingerprint density at radius 1 is 0.577 bits per heavy atom. The summed E-state index contributed by atoms with van der Waals surface area (Å²) < 4.78 is 0. The molecular weight excluding hydrogens is 695 g/mol. The fourth-order valence-electron chi connectivity index (χ4n) is 10.1. The highest BCUT2D eigenvalue weighted by Gasteiger charge is 2.68. The van der Waals surface area contributed by atoms with Crippen molar-refractivity contribution < 1.29 is 19.2 Å². The number of fused-ring (bicyclic) bond motifs is 2. The maximum absolute atomic E-state index is 13.2. The van der Waals surface area contributed by atoms with Gasteiger partial charge in [0.25, 0.3) is 23.6 Å². The number of carbonyl (C=O) groups is 4. The Kier molecular flexibility index (Phi) is 9.05. The molecule has 8 atom stereocenters. The van der Waals surface area contributed by atoms with Crippen LogP contribution in [0.2, 0.25) is 10.0 Å². The summed E-state index contributed by atoms with van der Waals surface area (Å²) in [5, 5.41) is 11.8. The Morgan fingerprint density at radius 3 is 1.23 bits per heavy atom. The summed E-state index contributed by atoms with van der Waals surface area (Å²) in [6.45, 7) is 12.8. The highest BCUT2D eigenvalue weighted by Crippen LogP contribution is 2.65. The van der Waals surface area contributed by atoms with E-state index >= 15 is 0 Å². The minimum absolute atomic E-state index is 0.174. The van der Waals surface area contributed by atoms with E-state index in [1.54, 1.807) is 12.1 Å². The van der Waals surface area contributed by atoms with Crippen LogP contribution in [0.15, 0.2) is 83.0 Å². The Bertz CT molecular complexity index is 1830. The normalized spacial score (nSPS) is 35.8. The molecule has 2 saturated carbocycles. The SMILES string of the molecule is CC(C)[C@]12C=C[C@](C)(CC1)[C@H]1C(=O)N(/N=C/c3ccccc3Cl)C(=O)[C@H]12.CC(C)[C@]12C=C[C@](C)(CC1)[C@H]1C(=O)N(/N=C/c3ccccc3Cl)C(=O)[C@H]12. The van der Waals surface area contributed by atoms with Gasteiger partial charge in [0.2, 0.25) is 0 Å². The van der Waals surface area contributed by atoms with E-state index in [1.165, 1.54) is 12.4 Å². The predicted octanol–water partition coefficient (Wildman–Crippen LogP) is 8.57. The summed E-state index contributed by atoms with van der Waals surface area (Å²) in [4.78, 5) is 52.7. The average molecular weight is 742 g/mol. The van der Waals surface area contributed by atoms with Crippen molar-refractivity contribution in [2.45, 2.75) is 67.2 Å². The van der Waals surface area contributed by atoms with Crippen molar-refractivity contribution in [3.63, 3.8) is 0 Å². The number of hydrogen-bond donors (Lipinski definition) is 0. The first kappa shape index (κ1) is 36.5. The molecule has 8 aliphatic rings. The monoisotopic (exact) mass is 740 g/mol. The topological polar surface area (TPSA) is 99.5 Å². The smallest absolute Gasteiger partial charge is 0.254 e. The van der Waals surface area contributed by atoms with E-state index in [1.807, 2.05) is 36.4 Å². The van der Waals surface area contributed by atoms with E-state index in [-0.39, 0.29) is 69.0 Å². The lowest BCUT2D eigenvalue weighted by atomic mass is 9.46. The Labute approximate surface area is 316 Å². The van der Waals surface area contributed by atoms with Crippen LogP contribution in [0.4, 0.5) is 0 Å². The Balaban J connectivity index is 0.000000162. The first-order valence-corrected chi connectivity index (χ1v) is 19.1. The lowest BCUT2D eigenvalue weighted by Gasteiger charge is -2.55. The molecule has 6 aliphatic carbocycles. The average Bonchev–Trinajstić information content (AvgIpc) is 3.55. The molecule has 2 saturated heterocycles. The van der Waals surface area contributed by atoms with Crippen molar-refractivity contribution in [1.29, 1.82) is 0 Å². The third-order valence-corrected chi connectivity index (χ3v) is 14.2. The first-order chi connectivity index (χ1) is 24.6. The van der Waals surface area contributed by atoms with E-state index < -0.39 is 0 Å². The molecule has 52 heavy (non-hydrogen) atoms. The molecule has 2 aliphatic heterocycles. The van der Waals surface area contributed by atoms with Crippen molar-refractivity contribution in [1.82, 2.24) is 10.0 Å². The number of imide groups is 2. The second-order valence-corrected chi connectivity index (χ2v) is 17.4. The van der Waals surface area contributed by atoms with E-state index in [2.05, 4.69) is 76.0 Å². The fraction of sp³-hybridized carbons (Fsp3) is 0.476. The molecule has 0 unspecified atom stereocenters. The van der Waals surface area contributed by atoms with Crippen molar-refractivity contribution >= 4 is 59.3 Å². The molecule has 4 fully saturated rings. The molecular formula is C42H46Cl2N4O4. The molecule has 0 N–H and O–H groups in total. The second-order valence-electron chi connectivity index (χ2n) is 16.6. The quantitative estimate of drug-likeness (QED) is 0.168. The van der Waals surface area contributed by atoms with Crippen LogP contribution in [0.25, 0.3) is 0 Å². The molecule has 272 valence electrons. The summed E-state index contributed by atoms with van der Waals surface area (Å²) in [7, 11) is 0. The molecule has 10 rings (SSSR count). The number of amides is 4. The van der Waals surface area contributed by atoms with Crippen LogP contribution in [0.3, 0.4) is 0 Å². The molecule has 8 nitrogen and oxygen atoms in total. The minimum Gasteiger partial charge on any atom is -0.272 e. The first-order valence-electron chi connectivity index (χ1n) is 18.3. The van der Waals surface area contributed by atoms with E-state index in [9.17, 15) is 19.2 Å². The van der Waals surface area contributed by atoms with Gasteiger partial charge in [0.05, 0.1) is 36.1 Å². The molecule has 0 spiro atoms. The number of halogens is 2. The third-order valence-electron chi connectivity index (χ3n) is 13.5. The Morgan fingerprint density at radius 2 is 0.923 bits per heavy atom. The van der Waals surface area contributed by atoms with Gasteiger partial charge in [-0.05, 0) is 60.5 Å². The lowest BCUT2D eigenvalue weighted by molar-refractivity contribution is -0.142. The summed E-state index contributed by atoms with van der Waals surface area (Å²) in [6.07, 6.45) is 15.5. The van der Waals surface area contributed by atoms with Crippen LogP contribution in [0, 0.1) is 57.2 Å². The maximum Gasteiger partial charge on any atom is 0.254 e. The van der Waals surface area contributed by atoms with Crippen LogP contribution in [0.5, 0.6) is 0 Å². The molecule has 10 heteroatoms. The zero-order chi connectivity index (χ0) is 37.4. The largest absolute Gasteiger partial charge is 0.272 e. The van der Waals surface area contributed by atoms with Gasteiger partial charge in [-0.1, -0.05) is 125 Å². The summed E-state index contributed by atoms with van der Waals surface area (Å²) in [6, 6.07) is 14.5. The van der Waals surface area contributed by atoms with Gasteiger partial charge in [-0.15, -0.1) is 0 Å². The molecule has 0 aromatic heterocycles. The number of carbonyl (C=O) groups excluding carboxylic acids is 4. The Hall–Kier alpha value is -3.88. The third kappa shape index (κ3) is 5.38. The zero-order valence-corrected chi connectivity index (χ0v) is 32.1. The zero-order valence-electron chi connectivity index (χ0n) is 30.6. The summed E-state index contributed by atoms with van der Waals surface area (Å²) in [5.41, 5.74) is 0.366. The van der Waals surface area contributed by atoms with Crippen molar-refractivity contribution in [2.24, 2.45) is 67.4 Å². The van der Waals surface area contributed by atoms with Crippen LogP contribution in [0.1, 0.15) is 78.4 Å².